The van der Waals surface area contributed by atoms with Gasteiger partial charge in [-0.25, -0.2) is 0 Å². The molecular formula is C16H13N5OS2. The van der Waals surface area contributed by atoms with Crippen molar-refractivity contribution in [3.8, 4) is 16.4 Å². The molecule has 0 bridgehead atoms. The first kappa shape index (κ1) is 15.1. The molecule has 0 N–H and O–H groups in total. The standard InChI is InChI=1S/C16H13N5OS2/c1-11-5-2-3-6-12(11)21-10-17-19-16(21)24-9-14-18-15(20-22-14)13-7-4-8-23-13/h2-8,10H,9H2,1H3. The van der Waals surface area contributed by atoms with Gasteiger partial charge in [0.25, 0.3) is 0 Å². The Hall–Kier alpha value is -2.45. The van der Waals surface area contributed by atoms with Crippen LogP contribution in [0.25, 0.3) is 16.4 Å². The second-order valence-electron chi connectivity index (χ2n) is 5.05. The second-order valence-corrected chi connectivity index (χ2v) is 6.94. The molecule has 0 radical (unpaired) electrons. The molecule has 24 heavy (non-hydrogen) atoms. The number of hydrogen-bond donors (Lipinski definition) is 0. The van der Waals surface area contributed by atoms with Gasteiger partial charge in [0, 0.05) is 0 Å². The van der Waals surface area contributed by atoms with E-state index in [1.165, 1.54) is 11.8 Å². The van der Waals surface area contributed by atoms with Gasteiger partial charge in [-0.15, -0.1) is 21.5 Å². The maximum absolute atomic E-state index is 5.32. The van der Waals surface area contributed by atoms with Gasteiger partial charge in [0.1, 0.15) is 6.33 Å². The minimum Gasteiger partial charge on any atom is -0.338 e. The smallest absolute Gasteiger partial charge is 0.237 e. The van der Waals surface area contributed by atoms with Crippen LogP contribution in [0.1, 0.15) is 11.5 Å². The summed E-state index contributed by atoms with van der Waals surface area (Å²) in [4.78, 5) is 5.42. The predicted octanol–water partition coefficient (Wildman–Crippen LogP) is 3.98. The molecule has 0 atom stereocenters. The average molecular weight is 355 g/mol. The van der Waals surface area contributed by atoms with E-state index in [1.54, 1.807) is 17.7 Å². The van der Waals surface area contributed by atoms with E-state index in [0.29, 0.717) is 17.5 Å². The third-order valence-corrected chi connectivity index (χ3v) is 5.22. The third kappa shape index (κ3) is 2.98. The van der Waals surface area contributed by atoms with Crippen LogP contribution in [0.3, 0.4) is 0 Å². The van der Waals surface area contributed by atoms with Crippen molar-refractivity contribution in [2.24, 2.45) is 0 Å². The van der Waals surface area contributed by atoms with Crippen LogP contribution in [-0.2, 0) is 5.75 Å². The Balaban J connectivity index is 1.52. The molecule has 0 amide bonds. The molecule has 8 heteroatoms. The Morgan fingerprint density at radius 2 is 2.12 bits per heavy atom. The highest BCUT2D eigenvalue weighted by Gasteiger charge is 2.13. The van der Waals surface area contributed by atoms with Gasteiger partial charge in [-0.2, -0.15) is 4.98 Å². The third-order valence-electron chi connectivity index (χ3n) is 3.43. The molecular weight excluding hydrogens is 342 g/mol. The van der Waals surface area contributed by atoms with Gasteiger partial charge in [0.15, 0.2) is 5.16 Å². The summed E-state index contributed by atoms with van der Waals surface area (Å²) in [6, 6.07) is 12.1. The molecule has 0 fully saturated rings. The molecule has 0 spiro atoms. The zero-order valence-electron chi connectivity index (χ0n) is 12.8. The van der Waals surface area contributed by atoms with Gasteiger partial charge in [-0.3, -0.25) is 4.57 Å². The summed E-state index contributed by atoms with van der Waals surface area (Å²) in [7, 11) is 0. The Morgan fingerprint density at radius 3 is 2.96 bits per heavy atom. The molecule has 6 nitrogen and oxygen atoms in total. The van der Waals surface area contributed by atoms with Gasteiger partial charge in [-0.05, 0) is 30.0 Å². The van der Waals surface area contributed by atoms with E-state index in [4.69, 9.17) is 4.52 Å². The fraction of sp³-hybridized carbons (Fsp3) is 0.125. The Kier molecular flexibility index (Phi) is 4.14. The van der Waals surface area contributed by atoms with E-state index < -0.39 is 0 Å². The highest BCUT2D eigenvalue weighted by molar-refractivity contribution is 7.98. The van der Waals surface area contributed by atoms with Crippen molar-refractivity contribution in [2.45, 2.75) is 17.8 Å². The van der Waals surface area contributed by atoms with Crippen molar-refractivity contribution in [1.29, 1.82) is 0 Å². The molecule has 0 unspecified atom stereocenters. The van der Waals surface area contributed by atoms with Crippen molar-refractivity contribution in [3.05, 3.63) is 59.6 Å². The summed E-state index contributed by atoms with van der Waals surface area (Å²) in [5.41, 5.74) is 2.23. The Bertz CT molecular complexity index is 945. The van der Waals surface area contributed by atoms with Gasteiger partial charge in [0.2, 0.25) is 11.7 Å². The summed E-state index contributed by atoms with van der Waals surface area (Å²) in [6.45, 7) is 2.06. The normalized spacial score (nSPS) is 11.0. The minimum absolute atomic E-state index is 0.545. The number of rotatable bonds is 5. The van der Waals surface area contributed by atoms with E-state index in [1.807, 2.05) is 40.3 Å². The zero-order valence-corrected chi connectivity index (χ0v) is 14.4. The zero-order chi connectivity index (χ0) is 16.4. The molecule has 4 rings (SSSR count). The van der Waals surface area contributed by atoms with E-state index in [0.717, 1.165) is 21.3 Å². The van der Waals surface area contributed by atoms with E-state index in [-0.39, 0.29) is 0 Å². The number of thioether (sulfide) groups is 1. The number of hydrogen-bond acceptors (Lipinski definition) is 7. The molecule has 4 aromatic rings. The topological polar surface area (TPSA) is 69.6 Å². The second kappa shape index (κ2) is 6.58. The molecule has 0 aliphatic rings. The summed E-state index contributed by atoms with van der Waals surface area (Å²) < 4.78 is 7.29. The van der Waals surface area contributed by atoms with Gasteiger partial charge < -0.3 is 4.52 Å². The Labute approximate surface area is 146 Å². The fourth-order valence-corrected chi connectivity index (χ4v) is 3.68. The van der Waals surface area contributed by atoms with Gasteiger partial charge >= 0.3 is 0 Å². The number of aromatic nitrogens is 5. The van der Waals surface area contributed by atoms with Crippen LogP contribution in [0.2, 0.25) is 0 Å². The highest BCUT2D eigenvalue weighted by atomic mass is 32.2. The first-order chi connectivity index (χ1) is 11.8. The molecule has 0 saturated carbocycles. The monoisotopic (exact) mass is 355 g/mol. The predicted molar refractivity (Wildman–Crippen MR) is 93.3 cm³/mol. The molecule has 120 valence electrons. The van der Waals surface area contributed by atoms with Gasteiger partial charge in [0.05, 0.1) is 16.3 Å². The van der Waals surface area contributed by atoms with Crippen molar-refractivity contribution in [3.63, 3.8) is 0 Å². The van der Waals surface area contributed by atoms with E-state index in [9.17, 15) is 0 Å². The molecule has 0 aliphatic carbocycles. The number of para-hydroxylation sites is 1. The quantitative estimate of drug-likeness (QED) is 0.504. The summed E-state index contributed by atoms with van der Waals surface area (Å²) in [5.74, 6) is 1.74. The lowest BCUT2D eigenvalue weighted by Crippen LogP contribution is -1.97. The van der Waals surface area contributed by atoms with Crippen LogP contribution in [0.15, 0.2) is 57.8 Å². The van der Waals surface area contributed by atoms with Crippen LogP contribution in [0.4, 0.5) is 0 Å². The average Bonchev–Trinajstić information content (AvgIpc) is 3.34. The lowest BCUT2D eigenvalue weighted by Gasteiger charge is -2.08. The van der Waals surface area contributed by atoms with Crippen LogP contribution in [0, 0.1) is 6.92 Å². The van der Waals surface area contributed by atoms with Crippen molar-refractivity contribution >= 4 is 23.1 Å². The summed E-state index contributed by atoms with van der Waals surface area (Å²) >= 11 is 3.11. The molecule has 0 saturated heterocycles. The first-order valence-electron chi connectivity index (χ1n) is 7.26. The SMILES string of the molecule is Cc1ccccc1-n1cnnc1SCc1nc(-c2cccs2)no1. The maximum atomic E-state index is 5.32. The molecule has 3 heterocycles. The molecule has 0 aliphatic heterocycles. The van der Waals surface area contributed by atoms with Crippen molar-refractivity contribution in [2.75, 3.05) is 0 Å². The largest absolute Gasteiger partial charge is 0.338 e. The fourth-order valence-electron chi connectivity index (χ4n) is 2.27. The van der Waals surface area contributed by atoms with Crippen molar-refractivity contribution in [1.82, 2.24) is 24.9 Å². The first-order valence-corrected chi connectivity index (χ1v) is 9.13. The van der Waals surface area contributed by atoms with Crippen molar-refractivity contribution < 1.29 is 4.52 Å². The molecule has 3 aromatic heterocycles. The lowest BCUT2D eigenvalue weighted by atomic mass is 10.2. The van der Waals surface area contributed by atoms with Crippen LogP contribution >= 0.6 is 23.1 Å². The lowest BCUT2D eigenvalue weighted by molar-refractivity contribution is 0.391. The number of aryl methyl sites for hydroxylation is 1. The maximum Gasteiger partial charge on any atom is 0.237 e. The molecule has 1 aromatic carbocycles. The number of nitrogens with zero attached hydrogens (tertiary/aromatic N) is 5. The highest BCUT2D eigenvalue weighted by Crippen LogP contribution is 2.26. The summed E-state index contributed by atoms with van der Waals surface area (Å²) in [6.07, 6.45) is 1.72. The number of thiophene rings is 1. The van der Waals surface area contributed by atoms with Crippen LogP contribution in [-0.4, -0.2) is 24.9 Å². The Morgan fingerprint density at radius 1 is 1.21 bits per heavy atom. The summed E-state index contributed by atoms with van der Waals surface area (Å²) in [5, 5.41) is 15.0. The van der Waals surface area contributed by atoms with Crippen LogP contribution in [0.5, 0.6) is 0 Å². The van der Waals surface area contributed by atoms with Gasteiger partial charge in [-0.1, -0.05) is 41.2 Å². The van der Waals surface area contributed by atoms with E-state index >= 15 is 0 Å². The van der Waals surface area contributed by atoms with Crippen LogP contribution < -0.4 is 0 Å². The minimum atomic E-state index is 0.545. The number of benzene rings is 1. The van der Waals surface area contributed by atoms with E-state index in [2.05, 4.69) is 33.3 Å².